The topological polar surface area (TPSA) is 91.8 Å². The molecule has 6 nitrogen and oxygen atoms in total. The van der Waals surface area contributed by atoms with Gasteiger partial charge in [0.2, 0.25) is 0 Å². The molecule has 0 spiro atoms. The van der Waals surface area contributed by atoms with Gasteiger partial charge in [0, 0.05) is 17.1 Å². The van der Waals surface area contributed by atoms with Crippen molar-refractivity contribution in [3.63, 3.8) is 0 Å². The van der Waals surface area contributed by atoms with Gasteiger partial charge in [-0.3, -0.25) is 4.68 Å². The molecule has 132 valence electrons. The highest BCUT2D eigenvalue weighted by molar-refractivity contribution is 7.09. The zero-order valence-electron chi connectivity index (χ0n) is 12.9. The highest BCUT2D eigenvalue weighted by Gasteiger charge is 2.31. The number of carbonyl (C=O) groups is 1. The third kappa shape index (κ3) is 3.73. The molecule has 0 amide bonds. The van der Waals surface area contributed by atoms with Crippen molar-refractivity contribution in [1.82, 2.24) is 14.8 Å². The van der Waals surface area contributed by atoms with Crippen molar-refractivity contribution in [2.75, 3.05) is 0 Å². The summed E-state index contributed by atoms with van der Waals surface area (Å²) in [5.74, 6) is -1.11. The molecule has 10 heteroatoms. The minimum atomic E-state index is -4.57. The van der Waals surface area contributed by atoms with E-state index in [0.717, 1.165) is 12.1 Å². The smallest absolute Gasteiger partial charge is 0.416 e. The molecule has 1 N–H and O–H groups in total. The summed E-state index contributed by atoms with van der Waals surface area (Å²) >= 11 is 1.20. The third-order valence-corrected chi connectivity index (χ3v) is 4.25. The molecule has 26 heavy (non-hydrogen) atoms. The van der Waals surface area contributed by atoms with Crippen molar-refractivity contribution in [3.8, 4) is 17.3 Å². The van der Waals surface area contributed by atoms with Gasteiger partial charge in [-0.25, -0.2) is 9.78 Å². The number of nitrogens with zero attached hydrogens (tertiary/aromatic N) is 4. The summed E-state index contributed by atoms with van der Waals surface area (Å²) in [6, 6.07) is 4.78. The number of aromatic nitrogens is 3. The minimum Gasteiger partial charge on any atom is -0.478 e. The van der Waals surface area contributed by atoms with Crippen LogP contribution in [0.1, 0.15) is 26.5 Å². The third-order valence-electron chi connectivity index (χ3n) is 3.41. The van der Waals surface area contributed by atoms with Crippen molar-refractivity contribution < 1.29 is 23.1 Å². The molecule has 0 bridgehead atoms. The van der Waals surface area contributed by atoms with E-state index in [1.54, 1.807) is 11.4 Å². The van der Waals surface area contributed by atoms with Gasteiger partial charge in [0.1, 0.15) is 5.01 Å². The van der Waals surface area contributed by atoms with Crippen LogP contribution in [0.3, 0.4) is 0 Å². The second-order valence-electron chi connectivity index (χ2n) is 5.27. The van der Waals surface area contributed by atoms with E-state index in [1.807, 2.05) is 0 Å². The van der Waals surface area contributed by atoms with E-state index < -0.39 is 17.7 Å². The highest BCUT2D eigenvalue weighted by Crippen LogP contribution is 2.33. The van der Waals surface area contributed by atoms with E-state index in [2.05, 4.69) is 10.1 Å². The molecule has 2 aromatic heterocycles. The van der Waals surface area contributed by atoms with Gasteiger partial charge >= 0.3 is 12.1 Å². The predicted molar refractivity (Wildman–Crippen MR) is 85.6 cm³/mol. The average Bonchev–Trinajstić information content (AvgIpc) is 3.23. The summed E-state index contributed by atoms with van der Waals surface area (Å²) in [6.07, 6.45) is -2.03. The number of carboxylic acids is 1. The maximum absolute atomic E-state index is 13.0. The fourth-order valence-electron chi connectivity index (χ4n) is 2.22. The molecule has 0 aliphatic rings. The van der Waals surface area contributed by atoms with Gasteiger partial charge in [-0.05, 0) is 18.2 Å². The second-order valence-corrected chi connectivity index (χ2v) is 6.21. The Morgan fingerprint density at radius 2 is 2.12 bits per heavy atom. The second kappa shape index (κ2) is 6.61. The van der Waals surface area contributed by atoms with Crippen molar-refractivity contribution >= 4 is 17.3 Å². The number of thiazole rings is 1. The Bertz CT molecular complexity index is 1020. The van der Waals surface area contributed by atoms with E-state index in [-0.39, 0.29) is 23.2 Å². The van der Waals surface area contributed by atoms with Crippen LogP contribution in [0.2, 0.25) is 0 Å². The van der Waals surface area contributed by atoms with E-state index in [4.69, 9.17) is 10.4 Å². The molecule has 0 radical (unpaired) electrons. The first kappa shape index (κ1) is 17.6. The summed E-state index contributed by atoms with van der Waals surface area (Å²) < 4.78 is 40.3. The lowest BCUT2D eigenvalue weighted by Crippen LogP contribution is -2.05. The maximum Gasteiger partial charge on any atom is 0.416 e. The molecular formula is C16H9F3N4O2S. The van der Waals surface area contributed by atoms with E-state index in [0.29, 0.717) is 10.7 Å². The van der Waals surface area contributed by atoms with Gasteiger partial charge < -0.3 is 5.11 Å². The molecule has 2 heterocycles. The first-order chi connectivity index (χ1) is 12.3. The van der Waals surface area contributed by atoms with Gasteiger partial charge in [-0.2, -0.15) is 23.5 Å². The van der Waals surface area contributed by atoms with E-state index >= 15 is 0 Å². The molecule has 0 saturated carbocycles. The maximum atomic E-state index is 13.0. The molecule has 1 aromatic carbocycles. The van der Waals surface area contributed by atoms with Crippen LogP contribution in [0.15, 0.2) is 36.0 Å². The lowest BCUT2D eigenvalue weighted by molar-refractivity contribution is -0.137. The quantitative estimate of drug-likeness (QED) is 0.748. The van der Waals surface area contributed by atoms with Crippen LogP contribution in [-0.2, 0) is 12.7 Å². The molecule has 0 aliphatic carbocycles. The SMILES string of the molecule is N#Cc1cc(-c2csc(Cn3cc(C(=O)O)cn3)n2)cc(C(F)(F)F)c1. The number of rotatable bonds is 4. The van der Waals surface area contributed by atoms with Crippen LogP contribution in [-0.4, -0.2) is 25.8 Å². The number of benzene rings is 1. The fraction of sp³-hybridized carbons (Fsp3) is 0.125. The molecule has 0 unspecified atom stereocenters. The number of halogens is 3. The van der Waals surface area contributed by atoms with Crippen LogP contribution in [0.4, 0.5) is 13.2 Å². The van der Waals surface area contributed by atoms with Gasteiger partial charge in [-0.1, -0.05) is 0 Å². The first-order valence-electron chi connectivity index (χ1n) is 7.09. The van der Waals surface area contributed by atoms with Crippen LogP contribution in [0.5, 0.6) is 0 Å². The number of hydrogen-bond donors (Lipinski definition) is 1. The lowest BCUT2D eigenvalue weighted by atomic mass is 10.0. The summed E-state index contributed by atoms with van der Waals surface area (Å²) in [7, 11) is 0. The van der Waals surface area contributed by atoms with Crippen LogP contribution in [0, 0.1) is 11.3 Å². The van der Waals surface area contributed by atoms with E-state index in [9.17, 15) is 18.0 Å². The Balaban J connectivity index is 1.89. The first-order valence-corrected chi connectivity index (χ1v) is 7.97. The number of aromatic carboxylic acids is 1. The number of alkyl halides is 3. The van der Waals surface area contributed by atoms with Gasteiger partial charge in [0.25, 0.3) is 0 Å². The molecule has 3 aromatic rings. The predicted octanol–water partition coefficient (Wildman–Crippen LogP) is 3.64. The van der Waals surface area contributed by atoms with Crippen molar-refractivity contribution in [1.29, 1.82) is 5.26 Å². The zero-order chi connectivity index (χ0) is 18.9. The Kier molecular flexibility index (Phi) is 4.48. The average molecular weight is 378 g/mol. The fourth-order valence-corrected chi connectivity index (χ4v) is 3.01. The number of nitriles is 1. The zero-order valence-corrected chi connectivity index (χ0v) is 13.7. The molecule has 0 fully saturated rings. The summed E-state index contributed by atoms with van der Waals surface area (Å²) in [6.45, 7) is 0.183. The van der Waals surface area contributed by atoms with Crippen LogP contribution < -0.4 is 0 Å². The van der Waals surface area contributed by atoms with Gasteiger partial charge in [0.05, 0.1) is 41.2 Å². The largest absolute Gasteiger partial charge is 0.478 e. The van der Waals surface area contributed by atoms with Crippen LogP contribution in [0.25, 0.3) is 11.3 Å². The summed E-state index contributed by atoms with van der Waals surface area (Å²) in [4.78, 5) is 15.1. The molecule has 0 aliphatic heterocycles. The Morgan fingerprint density at radius 1 is 1.35 bits per heavy atom. The summed E-state index contributed by atoms with van der Waals surface area (Å²) in [5.41, 5.74) is -0.510. The minimum absolute atomic E-state index is 0.0262. The molecular weight excluding hydrogens is 369 g/mol. The number of carboxylic acid groups (broad SMARTS) is 1. The van der Waals surface area contributed by atoms with E-state index in [1.165, 1.54) is 34.5 Å². The normalized spacial score (nSPS) is 11.3. The number of hydrogen-bond acceptors (Lipinski definition) is 5. The Hall–Kier alpha value is -3.19. The standard InChI is InChI=1S/C16H9F3N4O2S/c17-16(18,19)12-2-9(4-20)1-10(3-12)13-8-26-14(22-13)7-23-6-11(5-21-23)15(24)25/h1-3,5-6,8H,7H2,(H,24,25). The van der Waals surface area contributed by atoms with Crippen molar-refractivity contribution in [2.24, 2.45) is 0 Å². The Morgan fingerprint density at radius 3 is 2.73 bits per heavy atom. The molecule has 0 saturated heterocycles. The van der Waals surface area contributed by atoms with Crippen molar-refractivity contribution in [3.05, 3.63) is 57.7 Å². The van der Waals surface area contributed by atoms with Gasteiger partial charge in [0.15, 0.2) is 0 Å². The monoisotopic (exact) mass is 378 g/mol. The van der Waals surface area contributed by atoms with Gasteiger partial charge in [-0.15, -0.1) is 11.3 Å². The molecule has 0 atom stereocenters. The lowest BCUT2D eigenvalue weighted by Gasteiger charge is -2.08. The van der Waals surface area contributed by atoms with Crippen molar-refractivity contribution in [2.45, 2.75) is 12.7 Å². The van der Waals surface area contributed by atoms with Crippen LogP contribution >= 0.6 is 11.3 Å². The summed E-state index contributed by atoms with van der Waals surface area (Å²) in [5, 5.41) is 23.8. The highest BCUT2D eigenvalue weighted by atomic mass is 32.1. The Labute approximate surface area is 148 Å². The molecule has 3 rings (SSSR count).